The maximum atomic E-state index is 12.8. The SMILES string of the molecule is COc1cc(C(=O)C(=O)c2ccc(O[C@@H]3O[C@H](CO)[C@@H](O)[C@H](O)[C@H]3O)cc2)cc(OC)c1OC. The molecule has 3 rings (SSSR count). The van der Waals surface area contributed by atoms with Crippen molar-refractivity contribution < 1.29 is 53.7 Å². The molecular weight excluding hydrogens is 452 g/mol. The van der Waals surface area contributed by atoms with Gasteiger partial charge < -0.3 is 44.1 Å². The number of ether oxygens (including phenoxy) is 5. The minimum Gasteiger partial charge on any atom is -0.493 e. The quantitative estimate of drug-likeness (QED) is 0.283. The number of carbonyl (C=O) groups is 2. The van der Waals surface area contributed by atoms with Gasteiger partial charge in [0, 0.05) is 11.1 Å². The van der Waals surface area contributed by atoms with Gasteiger partial charge in [-0.05, 0) is 36.4 Å². The topological polar surface area (TPSA) is 161 Å². The van der Waals surface area contributed by atoms with Crippen LogP contribution >= 0.6 is 0 Å². The largest absolute Gasteiger partial charge is 0.493 e. The summed E-state index contributed by atoms with van der Waals surface area (Å²) >= 11 is 0. The van der Waals surface area contributed by atoms with Crippen molar-refractivity contribution in [2.45, 2.75) is 30.7 Å². The summed E-state index contributed by atoms with van der Waals surface area (Å²) in [7, 11) is 4.20. The first kappa shape index (κ1) is 25.4. The lowest BCUT2D eigenvalue weighted by Crippen LogP contribution is -2.60. The second-order valence-corrected chi connectivity index (χ2v) is 7.41. The molecule has 0 unspecified atom stereocenters. The van der Waals surface area contributed by atoms with Crippen molar-refractivity contribution in [1.29, 1.82) is 0 Å². The zero-order valence-electron chi connectivity index (χ0n) is 18.7. The average molecular weight is 478 g/mol. The summed E-state index contributed by atoms with van der Waals surface area (Å²) in [6.45, 7) is -0.596. The minimum absolute atomic E-state index is 0.0427. The van der Waals surface area contributed by atoms with Crippen LogP contribution in [-0.4, -0.2) is 90.6 Å². The van der Waals surface area contributed by atoms with Crippen molar-refractivity contribution >= 4 is 11.6 Å². The van der Waals surface area contributed by atoms with E-state index in [1.165, 1.54) is 57.7 Å². The van der Waals surface area contributed by atoms with Gasteiger partial charge in [0.25, 0.3) is 0 Å². The van der Waals surface area contributed by atoms with Gasteiger partial charge in [0.05, 0.1) is 27.9 Å². The van der Waals surface area contributed by atoms with Gasteiger partial charge in [0.1, 0.15) is 30.2 Å². The predicted octanol–water partition coefficient (Wildman–Crippen LogP) is -0.0433. The van der Waals surface area contributed by atoms with Crippen molar-refractivity contribution in [3.05, 3.63) is 47.5 Å². The molecule has 0 amide bonds. The molecule has 11 nitrogen and oxygen atoms in total. The molecule has 1 aliphatic heterocycles. The normalized spacial score (nSPS) is 24.3. The second kappa shape index (κ2) is 10.8. The summed E-state index contributed by atoms with van der Waals surface area (Å²) in [5, 5.41) is 39.0. The molecule has 11 heteroatoms. The molecule has 2 aromatic rings. The van der Waals surface area contributed by atoms with Crippen molar-refractivity contribution in [3.8, 4) is 23.0 Å². The van der Waals surface area contributed by atoms with E-state index >= 15 is 0 Å². The Morgan fingerprint density at radius 3 is 1.88 bits per heavy atom. The van der Waals surface area contributed by atoms with Gasteiger partial charge in [-0.1, -0.05) is 0 Å². The van der Waals surface area contributed by atoms with E-state index in [9.17, 15) is 30.0 Å². The molecule has 1 fully saturated rings. The first-order valence-corrected chi connectivity index (χ1v) is 10.2. The standard InChI is InChI=1S/C23H26O11/c1-30-14-8-12(9-15(31-2)22(14)32-3)18(26)17(25)11-4-6-13(7-5-11)33-23-21(29)20(28)19(27)16(10-24)34-23/h4-9,16,19-21,23-24,27-29H,10H2,1-3H3/t16-,19-,20+,21-,23-/m1/s1. The first-order valence-electron chi connectivity index (χ1n) is 10.2. The van der Waals surface area contributed by atoms with Crippen molar-refractivity contribution in [1.82, 2.24) is 0 Å². The Morgan fingerprint density at radius 2 is 1.38 bits per heavy atom. The summed E-state index contributed by atoms with van der Waals surface area (Å²) in [4.78, 5) is 25.6. The Balaban J connectivity index is 1.76. The molecular formula is C23H26O11. The van der Waals surface area contributed by atoms with E-state index in [1.54, 1.807) is 0 Å². The Morgan fingerprint density at radius 1 is 0.824 bits per heavy atom. The fraction of sp³-hybridized carbons (Fsp3) is 0.391. The number of Topliss-reactive ketones (excluding diaryl/α,β-unsaturated/α-hetero) is 2. The van der Waals surface area contributed by atoms with Crippen LogP contribution in [0.3, 0.4) is 0 Å². The highest BCUT2D eigenvalue weighted by atomic mass is 16.7. The van der Waals surface area contributed by atoms with Gasteiger partial charge in [-0.2, -0.15) is 0 Å². The van der Waals surface area contributed by atoms with Crippen LogP contribution in [0.5, 0.6) is 23.0 Å². The zero-order valence-corrected chi connectivity index (χ0v) is 18.7. The summed E-state index contributed by atoms with van der Waals surface area (Å²) < 4.78 is 26.4. The van der Waals surface area contributed by atoms with Crippen LogP contribution in [0.4, 0.5) is 0 Å². The van der Waals surface area contributed by atoms with Gasteiger partial charge in [-0.3, -0.25) is 9.59 Å². The molecule has 5 atom stereocenters. The van der Waals surface area contributed by atoms with Gasteiger partial charge in [0.2, 0.25) is 23.6 Å². The van der Waals surface area contributed by atoms with Gasteiger partial charge in [-0.15, -0.1) is 0 Å². The van der Waals surface area contributed by atoms with Gasteiger partial charge >= 0.3 is 0 Å². The number of hydrogen-bond acceptors (Lipinski definition) is 11. The highest BCUT2D eigenvalue weighted by molar-refractivity contribution is 6.49. The van der Waals surface area contributed by atoms with Crippen LogP contribution in [0, 0.1) is 0 Å². The fourth-order valence-electron chi connectivity index (χ4n) is 3.46. The lowest BCUT2D eigenvalue weighted by molar-refractivity contribution is -0.277. The lowest BCUT2D eigenvalue weighted by atomic mass is 9.99. The average Bonchev–Trinajstić information content (AvgIpc) is 2.87. The van der Waals surface area contributed by atoms with Crippen LogP contribution in [0.1, 0.15) is 20.7 Å². The molecule has 0 radical (unpaired) electrons. The molecule has 0 saturated carbocycles. The van der Waals surface area contributed by atoms with Gasteiger partial charge in [-0.25, -0.2) is 0 Å². The van der Waals surface area contributed by atoms with E-state index in [4.69, 9.17) is 23.7 Å². The number of benzene rings is 2. The second-order valence-electron chi connectivity index (χ2n) is 7.41. The van der Waals surface area contributed by atoms with Crippen molar-refractivity contribution in [2.24, 2.45) is 0 Å². The smallest absolute Gasteiger partial charge is 0.233 e. The molecule has 1 aliphatic rings. The van der Waals surface area contributed by atoms with Crippen molar-refractivity contribution in [2.75, 3.05) is 27.9 Å². The third kappa shape index (κ3) is 4.98. The molecule has 1 heterocycles. The summed E-state index contributed by atoms with van der Waals surface area (Å²) in [5.41, 5.74) is 0.112. The molecule has 2 aromatic carbocycles. The third-order valence-electron chi connectivity index (χ3n) is 5.35. The monoisotopic (exact) mass is 478 g/mol. The molecule has 0 bridgehead atoms. The molecule has 0 aliphatic carbocycles. The minimum atomic E-state index is -1.59. The fourth-order valence-corrected chi connectivity index (χ4v) is 3.46. The highest BCUT2D eigenvalue weighted by Gasteiger charge is 2.44. The van der Waals surface area contributed by atoms with Crippen LogP contribution < -0.4 is 18.9 Å². The van der Waals surface area contributed by atoms with E-state index in [0.717, 1.165) is 0 Å². The Labute approximate surface area is 195 Å². The lowest BCUT2D eigenvalue weighted by Gasteiger charge is -2.39. The Hall–Kier alpha value is -3.22. The summed E-state index contributed by atoms with van der Waals surface area (Å²) in [5.74, 6) is -0.720. The van der Waals surface area contributed by atoms with Gasteiger partial charge in [0.15, 0.2) is 11.5 Å². The van der Waals surface area contributed by atoms with E-state index in [2.05, 4.69) is 0 Å². The Kier molecular flexibility index (Phi) is 8.07. The number of carbonyl (C=O) groups excluding carboxylic acids is 2. The first-order chi connectivity index (χ1) is 16.2. The molecule has 0 spiro atoms. The molecule has 4 N–H and O–H groups in total. The molecule has 0 aromatic heterocycles. The number of rotatable bonds is 9. The number of methoxy groups -OCH3 is 3. The van der Waals surface area contributed by atoms with E-state index in [1.807, 2.05) is 0 Å². The van der Waals surface area contributed by atoms with Crippen molar-refractivity contribution in [3.63, 3.8) is 0 Å². The molecule has 34 heavy (non-hydrogen) atoms. The number of aliphatic hydroxyl groups excluding tert-OH is 4. The highest BCUT2D eigenvalue weighted by Crippen LogP contribution is 2.38. The van der Waals surface area contributed by atoms with E-state index in [-0.39, 0.29) is 34.1 Å². The summed E-state index contributed by atoms with van der Waals surface area (Å²) in [6, 6.07) is 8.18. The maximum Gasteiger partial charge on any atom is 0.233 e. The Bertz CT molecular complexity index is 993. The number of aliphatic hydroxyl groups is 4. The van der Waals surface area contributed by atoms with Crippen LogP contribution in [-0.2, 0) is 4.74 Å². The van der Waals surface area contributed by atoms with Crippen LogP contribution in [0.2, 0.25) is 0 Å². The number of ketones is 2. The summed E-state index contributed by atoms with van der Waals surface area (Å²) in [6.07, 6.45) is -7.19. The predicted molar refractivity (Wildman–Crippen MR) is 116 cm³/mol. The number of hydrogen-bond donors (Lipinski definition) is 4. The molecule has 1 saturated heterocycles. The van der Waals surface area contributed by atoms with Crippen LogP contribution in [0.15, 0.2) is 36.4 Å². The van der Waals surface area contributed by atoms with E-state index in [0.29, 0.717) is 0 Å². The maximum absolute atomic E-state index is 12.8. The third-order valence-corrected chi connectivity index (χ3v) is 5.35. The van der Waals surface area contributed by atoms with Crippen LogP contribution in [0.25, 0.3) is 0 Å². The van der Waals surface area contributed by atoms with E-state index < -0.39 is 48.9 Å². The zero-order chi connectivity index (χ0) is 25.0. The molecule has 184 valence electrons.